The zero-order valence-electron chi connectivity index (χ0n) is 12.0. The van der Waals surface area contributed by atoms with Gasteiger partial charge in [-0.1, -0.05) is 19.9 Å². The first-order chi connectivity index (χ1) is 8.66. The van der Waals surface area contributed by atoms with Crippen LogP contribution in [0.5, 0.6) is 0 Å². The summed E-state index contributed by atoms with van der Waals surface area (Å²) in [7, 11) is 0. The van der Waals surface area contributed by atoms with Gasteiger partial charge in [0.25, 0.3) is 0 Å². The van der Waals surface area contributed by atoms with E-state index in [4.69, 9.17) is 0 Å². The largest absolute Gasteiger partial charge is 0.300 e. The van der Waals surface area contributed by atoms with E-state index < -0.39 is 0 Å². The lowest BCUT2D eigenvalue weighted by atomic mass is 10.0. The van der Waals surface area contributed by atoms with Crippen LogP contribution in [0.2, 0.25) is 0 Å². The van der Waals surface area contributed by atoms with Gasteiger partial charge in [-0.2, -0.15) is 0 Å². The van der Waals surface area contributed by atoms with E-state index >= 15 is 0 Å². The Kier molecular flexibility index (Phi) is 4.76. The molecule has 1 atom stereocenters. The Morgan fingerprint density at radius 2 is 2.28 bits per heavy atom. The fraction of sp³-hybridized carbons (Fsp3) is 0.688. The summed E-state index contributed by atoms with van der Waals surface area (Å²) in [6.07, 6.45) is 7.12. The second kappa shape index (κ2) is 6.33. The molecule has 0 N–H and O–H groups in total. The van der Waals surface area contributed by atoms with E-state index in [0.717, 1.165) is 18.4 Å². The fourth-order valence-electron chi connectivity index (χ4n) is 3.03. The van der Waals surface area contributed by atoms with Crippen LogP contribution in [-0.2, 0) is 6.42 Å². The van der Waals surface area contributed by atoms with Crippen molar-refractivity contribution in [2.75, 3.05) is 13.1 Å². The van der Waals surface area contributed by atoms with E-state index in [2.05, 4.69) is 36.7 Å². The summed E-state index contributed by atoms with van der Waals surface area (Å²) in [5.41, 5.74) is 2.60. The molecule has 1 aliphatic rings. The molecular formula is C16H26N2. The number of aromatic nitrogens is 1. The van der Waals surface area contributed by atoms with Gasteiger partial charge in [0.1, 0.15) is 0 Å². The van der Waals surface area contributed by atoms with Crippen LogP contribution in [-0.4, -0.2) is 29.0 Å². The molecule has 0 radical (unpaired) electrons. The molecule has 1 aliphatic heterocycles. The third kappa shape index (κ3) is 3.55. The van der Waals surface area contributed by atoms with Gasteiger partial charge < -0.3 is 0 Å². The van der Waals surface area contributed by atoms with Crippen molar-refractivity contribution in [1.82, 2.24) is 9.88 Å². The number of hydrogen-bond donors (Lipinski definition) is 0. The highest BCUT2D eigenvalue weighted by molar-refractivity contribution is 5.17. The van der Waals surface area contributed by atoms with E-state index in [1.165, 1.54) is 43.6 Å². The van der Waals surface area contributed by atoms with Crippen molar-refractivity contribution in [3.63, 3.8) is 0 Å². The Morgan fingerprint density at radius 3 is 3.00 bits per heavy atom. The van der Waals surface area contributed by atoms with Crippen LogP contribution in [0.3, 0.4) is 0 Å². The Balaban J connectivity index is 1.88. The molecule has 2 nitrogen and oxygen atoms in total. The summed E-state index contributed by atoms with van der Waals surface area (Å²) in [4.78, 5) is 7.17. The molecule has 0 aliphatic carbocycles. The first-order valence-electron chi connectivity index (χ1n) is 7.31. The highest BCUT2D eigenvalue weighted by Gasteiger charge is 2.24. The van der Waals surface area contributed by atoms with Crippen molar-refractivity contribution >= 4 is 0 Å². The van der Waals surface area contributed by atoms with Gasteiger partial charge in [-0.3, -0.25) is 9.88 Å². The van der Waals surface area contributed by atoms with Crippen LogP contribution in [0, 0.1) is 12.8 Å². The van der Waals surface area contributed by atoms with Gasteiger partial charge >= 0.3 is 0 Å². The maximum absolute atomic E-state index is 4.50. The summed E-state index contributed by atoms with van der Waals surface area (Å²) in [5.74, 6) is 0.812. The minimum Gasteiger partial charge on any atom is -0.300 e. The Labute approximate surface area is 111 Å². The van der Waals surface area contributed by atoms with E-state index in [1.54, 1.807) is 0 Å². The lowest BCUT2D eigenvalue weighted by Crippen LogP contribution is -2.32. The van der Waals surface area contributed by atoms with Crippen LogP contribution >= 0.6 is 0 Å². The molecule has 0 spiro atoms. The Morgan fingerprint density at radius 1 is 1.44 bits per heavy atom. The molecule has 2 rings (SSSR count). The molecule has 0 aromatic carbocycles. The highest BCUT2D eigenvalue weighted by Crippen LogP contribution is 2.23. The average Bonchev–Trinajstić information content (AvgIpc) is 2.75. The van der Waals surface area contributed by atoms with Gasteiger partial charge in [0.2, 0.25) is 0 Å². The van der Waals surface area contributed by atoms with E-state index in [-0.39, 0.29) is 0 Å². The third-order valence-electron chi connectivity index (χ3n) is 4.00. The molecule has 1 saturated heterocycles. The molecule has 2 heterocycles. The topological polar surface area (TPSA) is 16.1 Å². The lowest BCUT2D eigenvalue weighted by molar-refractivity contribution is 0.228. The number of nitrogens with zero attached hydrogens (tertiary/aromatic N) is 2. The molecule has 1 fully saturated rings. The predicted molar refractivity (Wildman–Crippen MR) is 76.7 cm³/mol. The van der Waals surface area contributed by atoms with E-state index in [1.807, 2.05) is 12.3 Å². The highest BCUT2D eigenvalue weighted by atomic mass is 15.2. The third-order valence-corrected chi connectivity index (χ3v) is 4.00. The lowest BCUT2D eigenvalue weighted by Gasteiger charge is -2.25. The second-order valence-corrected chi connectivity index (χ2v) is 5.98. The van der Waals surface area contributed by atoms with Crippen molar-refractivity contribution in [1.29, 1.82) is 0 Å². The zero-order chi connectivity index (χ0) is 13.0. The summed E-state index contributed by atoms with van der Waals surface area (Å²) < 4.78 is 0. The Bertz CT molecular complexity index is 373. The monoisotopic (exact) mass is 246 g/mol. The quantitative estimate of drug-likeness (QED) is 0.791. The van der Waals surface area contributed by atoms with Crippen molar-refractivity contribution in [2.45, 2.75) is 52.5 Å². The van der Waals surface area contributed by atoms with E-state index in [0.29, 0.717) is 0 Å². The van der Waals surface area contributed by atoms with Crippen molar-refractivity contribution in [2.24, 2.45) is 5.92 Å². The molecule has 0 bridgehead atoms. The van der Waals surface area contributed by atoms with Crippen molar-refractivity contribution in [3.8, 4) is 0 Å². The molecule has 1 aromatic rings. The average molecular weight is 246 g/mol. The fourth-order valence-corrected chi connectivity index (χ4v) is 3.03. The van der Waals surface area contributed by atoms with Gasteiger partial charge in [-0.15, -0.1) is 0 Å². The van der Waals surface area contributed by atoms with Crippen LogP contribution in [0.1, 0.15) is 44.4 Å². The molecule has 2 heteroatoms. The molecule has 1 unspecified atom stereocenters. The maximum Gasteiger partial charge on any atom is 0.0445 e. The number of likely N-dealkylation sites (tertiary alicyclic amines) is 1. The van der Waals surface area contributed by atoms with Crippen LogP contribution in [0.25, 0.3) is 0 Å². The smallest absolute Gasteiger partial charge is 0.0445 e. The van der Waals surface area contributed by atoms with Gasteiger partial charge in [-0.05, 0) is 50.3 Å². The first-order valence-corrected chi connectivity index (χ1v) is 7.31. The zero-order valence-corrected chi connectivity index (χ0v) is 12.0. The molecule has 100 valence electrons. The van der Waals surface area contributed by atoms with Crippen LogP contribution in [0.4, 0.5) is 0 Å². The van der Waals surface area contributed by atoms with Gasteiger partial charge in [0.15, 0.2) is 0 Å². The minimum absolute atomic E-state index is 0.812. The maximum atomic E-state index is 4.50. The van der Waals surface area contributed by atoms with Crippen molar-refractivity contribution in [3.05, 3.63) is 29.6 Å². The standard InChI is InChI=1S/C16H26N2/c1-13(2)12-15-7-5-10-18(15)11-8-16-14(3)6-4-9-17-16/h4,6,9,13,15H,5,7-8,10-12H2,1-3H3. The number of pyridine rings is 1. The predicted octanol–water partition coefficient (Wildman–Crippen LogP) is 3.44. The van der Waals surface area contributed by atoms with Gasteiger partial charge in [0.05, 0.1) is 0 Å². The number of aryl methyl sites for hydroxylation is 1. The SMILES string of the molecule is Cc1cccnc1CCN1CCCC1CC(C)C. The van der Waals surface area contributed by atoms with Crippen LogP contribution < -0.4 is 0 Å². The Hall–Kier alpha value is -0.890. The second-order valence-electron chi connectivity index (χ2n) is 5.98. The van der Waals surface area contributed by atoms with Crippen molar-refractivity contribution < 1.29 is 0 Å². The first kappa shape index (κ1) is 13.5. The number of hydrogen-bond acceptors (Lipinski definition) is 2. The normalized spacial score (nSPS) is 20.8. The molecule has 18 heavy (non-hydrogen) atoms. The van der Waals surface area contributed by atoms with Gasteiger partial charge in [0, 0.05) is 30.9 Å². The summed E-state index contributed by atoms with van der Waals surface area (Å²) >= 11 is 0. The summed E-state index contributed by atoms with van der Waals surface area (Å²) in [5, 5.41) is 0. The molecule has 0 saturated carbocycles. The minimum atomic E-state index is 0.812. The summed E-state index contributed by atoms with van der Waals surface area (Å²) in [6, 6.07) is 5.00. The van der Waals surface area contributed by atoms with E-state index in [9.17, 15) is 0 Å². The number of rotatable bonds is 5. The summed E-state index contributed by atoms with van der Waals surface area (Å²) in [6.45, 7) is 9.29. The molecule has 1 aromatic heterocycles. The molecule has 0 amide bonds. The molecular weight excluding hydrogens is 220 g/mol. The van der Waals surface area contributed by atoms with Crippen LogP contribution in [0.15, 0.2) is 18.3 Å². The van der Waals surface area contributed by atoms with Gasteiger partial charge in [-0.25, -0.2) is 0 Å².